The first kappa shape index (κ1) is 44.2. The number of piperazine rings is 1. The van der Waals surface area contributed by atoms with Crippen molar-refractivity contribution in [2.75, 3.05) is 56.2 Å². The van der Waals surface area contributed by atoms with Crippen molar-refractivity contribution in [3.05, 3.63) is 112 Å². The van der Waals surface area contributed by atoms with Crippen molar-refractivity contribution >= 4 is 51.3 Å². The number of pyridine rings is 1. The Hall–Kier alpha value is -6.69. The van der Waals surface area contributed by atoms with Gasteiger partial charge in [0.1, 0.15) is 22.7 Å². The first-order chi connectivity index (χ1) is 32.3. The number of anilines is 2. The lowest BCUT2D eigenvalue weighted by Crippen LogP contribution is -2.61. The standard InChI is InChI=1S/C50H55FN10O6/c1-29-26-61(46(63)32-6-14-42(66-4)41(24-32)59-22-18-43(62)55-49(59)65)30(2)25-60(29)35-16-20-58(21-17-35)48-54-40-13-5-31(39-27-57(3)47(64)44-37(39)15-19-53-44)23-38(40)45(56-48)50(28-52,67-36-11-12-36)33-7-9-34(51)10-8-33/h5-10,13-15,19,23-24,27,29-30,35-36,53H,11-12,16-18,20-22,25-26,28,52H2,1-4H3,(H,55,62,65)/t29-,30+,50?/m0/s1. The van der Waals surface area contributed by atoms with Crippen molar-refractivity contribution < 1.29 is 28.2 Å². The number of hydrogen-bond donors (Lipinski definition) is 3. The van der Waals surface area contributed by atoms with Crippen molar-refractivity contribution in [2.45, 2.75) is 75.8 Å². The maximum absolute atomic E-state index is 14.5. The number of aromatic nitrogens is 4. The van der Waals surface area contributed by atoms with E-state index in [9.17, 15) is 23.6 Å². The number of halogens is 1. The third kappa shape index (κ3) is 8.08. The summed E-state index contributed by atoms with van der Waals surface area (Å²) in [5.41, 5.74) is 10.6. The number of aryl methyl sites for hydroxylation is 1. The highest BCUT2D eigenvalue weighted by molar-refractivity contribution is 6.07. The highest BCUT2D eigenvalue weighted by Gasteiger charge is 2.44. The van der Waals surface area contributed by atoms with Crippen molar-refractivity contribution in [3.8, 4) is 16.9 Å². The molecule has 4 aliphatic rings. The molecule has 3 aromatic heterocycles. The van der Waals surface area contributed by atoms with Gasteiger partial charge in [-0.15, -0.1) is 0 Å². The molecule has 3 saturated heterocycles. The molecule has 3 aliphatic heterocycles. The van der Waals surface area contributed by atoms with E-state index < -0.39 is 11.6 Å². The second-order valence-corrected chi connectivity index (χ2v) is 18.4. The van der Waals surface area contributed by atoms with Gasteiger partial charge in [0.15, 0.2) is 0 Å². The Morgan fingerprint density at radius 1 is 0.910 bits per heavy atom. The van der Waals surface area contributed by atoms with Gasteiger partial charge in [-0.05, 0) is 99.2 Å². The number of nitrogens with two attached hydrogens (primary N) is 1. The molecular weight excluding hydrogens is 856 g/mol. The van der Waals surface area contributed by atoms with Gasteiger partial charge in [0, 0.05) is 105 Å². The highest BCUT2D eigenvalue weighted by atomic mass is 19.1. The van der Waals surface area contributed by atoms with Gasteiger partial charge in [-0.2, -0.15) is 0 Å². The average molecular weight is 911 g/mol. The molecule has 0 spiro atoms. The summed E-state index contributed by atoms with van der Waals surface area (Å²) in [5, 5.41) is 3.90. The molecule has 17 heteroatoms. The Bertz CT molecular complexity index is 2960. The fourth-order valence-corrected chi connectivity index (χ4v) is 10.3. The molecule has 16 nitrogen and oxygen atoms in total. The first-order valence-electron chi connectivity index (χ1n) is 23.1. The van der Waals surface area contributed by atoms with Crippen LogP contribution in [0.2, 0.25) is 0 Å². The third-order valence-electron chi connectivity index (χ3n) is 14.0. The number of imide groups is 1. The molecule has 3 atom stereocenters. The maximum Gasteiger partial charge on any atom is 0.328 e. The molecule has 1 saturated carbocycles. The van der Waals surface area contributed by atoms with E-state index in [0.29, 0.717) is 71.4 Å². The Labute approximate surface area is 386 Å². The smallest absolute Gasteiger partial charge is 0.328 e. The zero-order valence-corrected chi connectivity index (χ0v) is 38.1. The van der Waals surface area contributed by atoms with E-state index in [-0.39, 0.29) is 66.9 Å². The zero-order valence-electron chi connectivity index (χ0n) is 38.1. The van der Waals surface area contributed by atoms with Gasteiger partial charge in [-0.3, -0.25) is 29.5 Å². The van der Waals surface area contributed by atoms with Crippen LogP contribution in [-0.4, -0.2) is 118 Å². The quantitative estimate of drug-likeness (QED) is 0.146. The second kappa shape index (κ2) is 17.5. The molecule has 3 aromatic carbocycles. The Kier molecular flexibility index (Phi) is 11.5. The summed E-state index contributed by atoms with van der Waals surface area (Å²) in [6.45, 7) is 7.08. The predicted octanol–water partition coefficient (Wildman–Crippen LogP) is 5.66. The van der Waals surface area contributed by atoms with Crippen LogP contribution in [0.25, 0.3) is 32.9 Å². The molecule has 67 heavy (non-hydrogen) atoms. The van der Waals surface area contributed by atoms with Crippen LogP contribution >= 0.6 is 0 Å². The van der Waals surface area contributed by atoms with E-state index in [4.69, 9.17) is 25.2 Å². The van der Waals surface area contributed by atoms with Crippen LogP contribution in [0.3, 0.4) is 0 Å². The average Bonchev–Trinajstić information content (AvgIpc) is 4.02. The van der Waals surface area contributed by atoms with E-state index in [1.54, 1.807) is 48.1 Å². The number of piperidine rings is 1. The molecule has 6 aromatic rings. The van der Waals surface area contributed by atoms with Crippen LogP contribution in [0, 0.1) is 5.82 Å². The lowest BCUT2D eigenvalue weighted by molar-refractivity contribution is -0.120. The summed E-state index contributed by atoms with van der Waals surface area (Å²) >= 11 is 0. The minimum Gasteiger partial charge on any atom is -0.495 e. The highest BCUT2D eigenvalue weighted by Crippen LogP contribution is 2.43. The van der Waals surface area contributed by atoms with Gasteiger partial charge in [-0.1, -0.05) is 18.2 Å². The van der Waals surface area contributed by atoms with Gasteiger partial charge in [0.05, 0.1) is 30.1 Å². The van der Waals surface area contributed by atoms with Gasteiger partial charge >= 0.3 is 6.03 Å². The predicted molar refractivity (Wildman–Crippen MR) is 253 cm³/mol. The number of carbonyl (C=O) groups excluding carboxylic acids is 3. The lowest BCUT2D eigenvalue weighted by atomic mass is 9.86. The Morgan fingerprint density at radius 2 is 1.69 bits per heavy atom. The van der Waals surface area contributed by atoms with Crippen LogP contribution in [0.1, 0.15) is 67.6 Å². The molecule has 0 radical (unpaired) electrons. The van der Waals surface area contributed by atoms with Crippen LogP contribution < -0.4 is 31.1 Å². The normalized spacial score (nSPS) is 20.7. The fourth-order valence-electron chi connectivity index (χ4n) is 10.3. The largest absolute Gasteiger partial charge is 0.495 e. The number of carbonyl (C=O) groups is 3. The zero-order chi connectivity index (χ0) is 46.7. The molecule has 4 fully saturated rings. The van der Waals surface area contributed by atoms with Crippen molar-refractivity contribution in [1.29, 1.82) is 0 Å². The van der Waals surface area contributed by atoms with Crippen LogP contribution in [0.15, 0.2) is 83.9 Å². The van der Waals surface area contributed by atoms with E-state index in [1.165, 1.54) is 24.1 Å². The first-order valence-corrected chi connectivity index (χ1v) is 23.1. The summed E-state index contributed by atoms with van der Waals surface area (Å²) in [4.78, 5) is 73.6. The summed E-state index contributed by atoms with van der Waals surface area (Å²) < 4.78 is 28.6. The molecule has 1 aliphatic carbocycles. The molecule has 1 unspecified atom stereocenters. The number of H-pyrrole nitrogens is 1. The monoisotopic (exact) mass is 910 g/mol. The molecule has 6 heterocycles. The number of aromatic amines is 1. The molecular formula is C50H55FN10O6. The third-order valence-corrected chi connectivity index (χ3v) is 14.0. The summed E-state index contributed by atoms with van der Waals surface area (Å²) in [7, 11) is 3.25. The van der Waals surface area contributed by atoms with Gasteiger partial charge in [0.25, 0.3) is 11.5 Å². The lowest BCUT2D eigenvalue weighted by Gasteiger charge is -2.49. The maximum atomic E-state index is 14.5. The number of benzene rings is 3. The molecule has 4 N–H and O–H groups in total. The molecule has 348 valence electrons. The number of nitrogens with one attached hydrogen (secondary N) is 2. The molecule has 4 amide bonds. The number of fused-ring (bicyclic) bond motifs is 2. The van der Waals surface area contributed by atoms with Crippen LogP contribution in [0.4, 0.5) is 20.8 Å². The van der Waals surface area contributed by atoms with E-state index in [1.807, 2.05) is 35.4 Å². The van der Waals surface area contributed by atoms with Crippen LogP contribution in [-0.2, 0) is 22.2 Å². The van der Waals surface area contributed by atoms with E-state index in [2.05, 4.69) is 33.9 Å². The number of hydrogen-bond acceptors (Lipinski definition) is 11. The Morgan fingerprint density at radius 3 is 2.40 bits per heavy atom. The van der Waals surface area contributed by atoms with Gasteiger partial charge in [-0.25, -0.2) is 19.2 Å². The minimum absolute atomic E-state index is 0.0335. The van der Waals surface area contributed by atoms with Crippen molar-refractivity contribution in [3.63, 3.8) is 0 Å². The number of rotatable bonds is 11. The van der Waals surface area contributed by atoms with Gasteiger partial charge < -0.3 is 34.6 Å². The number of urea groups is 1. The van der Waals surface area contributed by atoms with Crippen molar-refractivity contribution in [1.82, 2.24) is 34.6 Å². The molecule has 0 bridgehead atoms. The van der Waals surface area contributed by atoms with E-state index >= 15 is 0 Å². The number of amides is 4. The fraction of sp³-hybridized carbons (Fsp3) is 0.400. The number of nitrogens with zero attached hydrogens (tertiary/aromatic N) is 7. The van der Waals surface area contributed by atoms with Gasteiger partial charge in [0.2, 0.25) is 11.9 Å². The topological polar surface area (TPSA) is 184 Å². The summed E-state index contributed by atoms with van der Waals surface area (Å²) in [6.07, 6.45) is 7.19. The van der Waals surface area contributed by atoms with Crippen LogP contribution in [0.5, 0.6) is 5.75 Å². The van der Waals surface area contributed by atoms with E-state index in [0.717, 1.165) is 47.6 Å². The van der Waals surface area contributed by atoms with Crippen molar-refractivity contribution in [2.24, 2.45) is 12.8 Å². The number of methoxy groups -OCH3 is 1. The minimum atomic E-state index is -1.21. The summed E-state index contributed by atoms with van der Waals surface area (Å²) in [6, 6.07) is 19.1. The number of ether oxygens (including phenoxy) is 2. The Balaban J connectivity index is 0.922. The second-order valence-electron chi connectivity index (χ2n) is 18.4. The molecule has 10 rings (SSSR count). The SMILES string of the molecule is COc1ccc(C(=O)N2C[C@H](C)N(C3CCN(c4nc(C(CN)(OC5CC5)c5ccc(F)cc5)c5cc(-c6cn(C)c(=O)c7[nH]ccc67)ccc5n4)CC3)C[C@H]2C)cc1N1CCC(=O)NC1=O. The summed E-state index contributed by atoms with van der Waals surface area (Å²) in [5.74, 6) is 0.169.